The maximum atomic E-state index is 5.56. The Balaban J connectivity index is 0.981. The first kappa shape index (κ1) is 32.1. The van der Waals surface area contributed by atoms with Gasteiger partial charge in [-0.1, -0.05) is 52.9 Å². The van der Waals surface area contributed by atoms with Crippen molar-refractivity contribution in [2.75, 3.05) is 77.5 Å². The summed E-state index contributed by atoms with van der Waals surface area (Å²) in [5, 5.41) is 4.35. The molecule has 0 aliphatic heterocycles. The zero-order chi connectivity index (χ0) is 29.6. The highest BCUT2D eigenvalue weighted by Gasteiger charge is 2.09. The van der Waals surface area contributed by atoms with Gasteiger partial charge in [0, 0.05) is 73.7 Å². The molecule has 0 bridgehead atoms. The van der Waals surface area contributed by atoms with Gasteiger partial charge < -0.3 is 24.2 Å². The fourth-order valence-electron chi connectivity index (χ4n) is 4.24. The number of nitrogens with one attached hydrogen (secondary N) is 2. The molecule has 0 aliphatic rings. The largest absolute Gasteiger partial charge is 0.378 e. The fourth-order valence-corrected chi connectivity index (χ4v) is 5.12. The van der Waals surface area contributed by atoms with E-state index in [9.17, 15) is 0 Å². The van der Waals surface area contributed by atoms with E-state index in [0.717, 1.165) is 50.0 Å². The maximum Gasteiger partial charge on any atom is 0.174 e. The highest BCUT2D eigenvalue weighted by Crippen LogP contribution is 2.34. The fraction of sp³-hybridized carbons (Fsp3) is 0.333. The van der Waals surface area contributed by atoms with Crippen molar-refractivity contribution in [1.29, 1.82) is 0 Å². The molecule has 0 fully saturated rings. The summed E-state index contributed by atoms with van der Waals surface area (Å²) in [6.45, 7) is 3.00. The third kappa shape index (κ3) is 9.36. The second-order valence-corrected chi connectivity index (χ2v) is 10.9. The minimum Gasteiger partial charge on any atom is -0.378 e. The van der Waals surface area contributed by atoms with Gasteiger partial charge in [-0.2, -0.15) is 5.48 Å². The Labute approximate surface area is 255 Å². The maximum absolute atomic E-state index is 5.56. The Morgan fingerprint density at radius 3 is 1.93 bits per heavy atom. The van der Waals surface area contributed by atoms with E-state index < -0.39 is 0 Å². The second kappa shape index (κ2) is 17.4. The van der Waals surface area contributed by atoms with E-state index in [-0.39, 0.29) is 0 Å². The van der Waals surface area contributed by atoms with Crippen LogP contribution in [0.25, 0.3) is 21.5 Å². The van der Waals surface area contributed by atoms with Gasteiger partial charge in [0.25, 0.3) is 0 Å². The van der Waals surface area contributed by atoms with Gasteiger partial charge in [-0.25, -0.2) is 4.72 Å². The molecule has 2 N–H and O–H groups in total. The number of anilines is 2. The number of rotatable bonds is 19. The molecule has 0 aromatic heterocycles. The van der Waals surface area contributed by atoms with E-state index in [1.807, 2.05) is 70.7 Å². The van der Waals surface area contributed by atoms with Crippen LogP contribution < -0.4 is 24.9 Å². The first-order chi connectivity index (χ1) is 20.6. The van der Waals surface area contributed by atoms with Crippen molar-refractivity contribution >= 4 is 57.2 Å². The van der Waals surface area contributed by atoms with E-state index >= 15 is 0 Å². The van der Waals surface area contributed by atoms with Crippen LogP contribution in [0.1, 0.15) is 0 Å². The Morgan fingerprint density at radius 2 is 1.21 bits per heavy atom. The van der Waals surface area contributed by atoms with Crippen molar-refractivity contribution in [2.45, 2.75) is 4.90 Å². The van der Waals surface area contributed by atoms with Crippen molar-refractivity contribution in [1.82, 2.24) is 10.2 Å². The first-order valence-corrected chi connectivity index (χ1v) is 15.0. The minimum absolute atomic E-state index is 0.460. The second-order valence-electron chi connectivity index (χ2n) is 9.53. The monoisotopic (exact) mass is 614 g/mol. The normalized spacial score (nSPS) is 11.3. The lowest BCUT2D eigenvalue weighted by Gasteiger charge is -2.16. The lowest BCUT2D eigenvalue weighted by molar-refractivity contribution is -0.246. The average molecular weight is 615 g/mol. The molecule has 12 heteroatoms. The van der Waals surface area contributed by atoms with Gasteiger partial charge >= 0.3 is 0 Å². The molecule has 0 unspecified atom stereocenters. The van der Waals surface area contributed by atoms with E-state index in [2.05, 4.69) is 50.3 Å². The molecule has 4 aromatic carbocycles. The van der Waals surface area contributed by atoms with Crippen LogP contribution in [0.5, 0.6) is 5.75 Å². The van der Waals surface area contributed by atoms with Crippen LogP contribution in [0, 0.1) is 0 Å². The number of hydrogen-bond acceptors (Lipinski definition) is 12. The number of hydrogen-bond donors (Lipinski definition) is 2. The van der Waals surface area contributed by atoms with Gasteiger partial charge in [0.2, 0.25) is 0 Å². The minimum atomic E-state index is 0.460. The lowest BCUT2D eigenvalue weighted by atomic mass is 10.1. The van der Waals surface area contributed by atoms with Crippen molar-refractivity contribution in [3.8, 4) is 5.75 Å². The third-order valence-corrected chi connectivity index (χ3v) is 7.31. The molecule has 4 rings (SSSR count). The smallest absolute Gasteiger partial charge is 0.174 e. The third-order valence-electron chi connectivity index (χ3n) is 6.18. The average Bonchev–Trinajstić information content (AvgIpc) is 3.00. The van der Waals surface area contributed by atoms with Gasteiger partial charge in [0.05, 0.1) is 38.5 Å². The molecule has 10 nitrogen and oxygen atoms in total. The summed E-state index contributed by atoms with van der Waals surface area (Å²) in [5.41, 5.74) is 5.01. The summed E-state index contributed by atoms with van der Waals surface area (Å²) in [6, 6.07) is 24.3. The molecule has 42 heavy (non-hydrogen) atoms. The molecule has 0 aliphatic carbocycles. The van der Waals surface area contributed by atoms with Gasteiger partial charge in [0.15, 0.2) is 5.75 Å². The first-order valence-electron chi connectivity index (χ1n) is 13.6. The molecule has 0 heterocycles. The van der Waals surface area contributed by atoms with Gasteiger partial charge in [0.1, 0.15) is 12.2 Å². The standard InChI is InChI=1S/C30H38N4O6S2/c1-33(2)27-13-5-11-25-23(27)9-7-15-29(25)37-39-42-32-18-20-36-22-21-35-19-17-31-38-40-41-30-16-8-10-24-26(30)12-6-14-28(24)34(3)4/h5-16,31-32H,17-22H2,1-4H3. The summed E-state index contributed by atoms with van der Waals surface area (Å²) in [6.07, 6.45) is 0. The van der Waals surface area contributed by atoms with Crippen LogP contribution in [0.2, 0.25) is 0 Å². The van der Waals surface area contributed by atoms with E-state index in [1.165, 1.54) is 12.0 Å². The summed E-state index contributed by atoms with van der Waals surface area (Å²) in [4.78, 5) is 15.7. The highest BCUT2D eigenvalue weighted by atomic mass is 32.2. The van der Waals surface area contributed by atoms with Crippen LogP contribution in [0.4, 0.5) is 11.4 Å². The quantitative estimate of drug-likeness (QED) is 0.0441. The number of ether oxygens (including phenoxy) is 2. The highest BCUT2D eigenvalue weighted by molar-refractivity contribution is 7.94. The molecule has 0 amide bonds. The van der Waals surface area contributed by atoms with Crippen LogP contribution in [0.3, 0.4) is 0 Å². The molecule has 226 valence electrons. The van der Waals surface area contributed by atoms with Crippen molar-refractivity contribution in [3.63, 3.8) is 0 Å². The van der Waals surface area contributed by atoms with Crippen molar-refractivity contribution in [2.24, 2.45) is 0 Å². The Bertz CT molecular complexity index is 1290. The summed E-state index contributed by atoms with van der Waals surface area (Å²) < 4.78 is 24.7. The molecule has 0 radical (unpaired) electrons. The number of benzene rings is 4. The van der Waals surface area contributed by atoms with Crippen molar-refractivity contribution < 1.29 is 28.0 Å². The molecule has 4 aromatic rings. The molecular formula is C30H38N4O6S2. The summed E-state index contributed by atoms with van der Waals surface area (Å²) in [5.74, 6) is 0.660. The summed E-state index contributed by atoms with van der Waals surface area (Å²) in [7, 11) is 8.10. The Kier molecular flexibility index (Phi) is 13.3. The topological polar surface area (TPSA) is 85.9 Å². The molecule has 0 saturated carbocycles. The number of fused-ring (bicyclic) bond motifs is 2. The predicted molar refractivity (Wildman–Crippen MR) is 172 cm³/mol. The molecular weight excluding hydrogens is 576 g/mol. The van der Waals surface area contributed by atoms with Gasteiger partial charge in [-0.3, -0.25) is 0 Å². The van der Waals surface area contributed by atoms with Gasteiger partial charge in [-0.05, 0) is 29.7 Å². The van der Waals surface area contributed by atoms with Crippen molar-refractivity contribution in [3.05, 3.63) is 72.8 Å². The van der Waals surface area contributed by atoms with Crippen LogP contribution >= 0.6 is 24.3 Å². The van der Waals surface area contributed by atoms with Crippen LogP contribution in [-0.2, 0) is 23.1 Å². The summed E-state index contributed by atoms with van der Waals surface area (Å²) >= 11 is 2.18. The van der Waals surface area contributed by atoms with E-state index in [0.29, 0.717) is 45.3 Å². The number of nitrogens with zero attached hydrogens (tertiary/aromatic N) is 2. The predicted octanol–water partition coefficient (Wildman–Crippen LogP) is 5.78. The number of hydroxylamine groups is 1. The lowest BCUT2D eigenvalue weighted by Crippen LogP contribution is -2.21. The molecule has 0 saturated heterocycles. The van der Waals surface area contributed by atoms with E-state index in [1.54, 1.807) is 0 Å². The Morgan fingerprint density at radius 1 is 0.619 bits per heavy atom. The van der Waals surface area contributed by atoms with E-state index in [4.69, 9.17) is 28.0 Å². The molecule has 0 atom stereocenters. The van der Waals surface area contributed by atoms with Gasteiger partial charge in [-0.15, -0.1) is 9.32 Å². The zero-order valence-corrected chi connectivity index (χ0v) is 26.0. The van der Waals surface area contributed by atoms with Crippen LogP contribution in [0.15, 0.2) is 77.7 Å². The van der Waals surface area contributed by atoms with Crippen LogP contribution in [-0.4, -0.2) is 67.7 Å². The Hall–Kier alpha value is -2.78. The SMILES string of the molecule is CN(C)c1cccc2c(OOSNCCOCCOCCNOOSc3cccc4c(N(C)C)cccc34)cccc12. The molecule has 0 spiro atoms. The zero-order valence-electron chi connectivity index (χ0n) is 24.3.